The summed E-state index contributed by atoms with van der Waals surface area (Å²) in [6.07, 6.45) is 3.52. The summed E-state index contributed by atoms with van der Waals surface area (Å²) in [6, 6.07) is 9.91. The fourth-order valence-electron chi connectivity index (χ4n) is 2.45. The number of fused-ring (bicyclic) bond motifs is 1. The van der Waals surface area contributed by atoms with Gasteiger partial charge in [-0.3, -0.25) is 4.79 Å². The zero-order valence-electron chi connectivity index (χ0n) is 11.5. The number of amides is 1. The van der Waals surface area contributed by atoms with Crippen molar-refractivity contribution in [1.82, 2.24) is 9.88 Å². The highest BCUT2D eigenvalue weighted by atomic mass is 32.2. The topological polar surface area (TPSA) is 59.9 Å². The van der Waals surface area contributed by atoms with E-state index >= 15 is 0 Å². The van der Waals surface area contributed by atoms with Crippen molar-refractivity contribution in [2.45, 2.75) is 0 Å². The quantitative estimate of drug-likeness (QED) is 0.685. The van der Waals surface area contributed by atoms with Crippen molar-refractivity contribution < 1.29 is 4.79 Å². The third kappa shape index (κ3) is 2.81. The third-order valence-electron chi connectivity index (χ3n) is 3.57. The number of hydrogen-bond donors (Lipinski definition) is 1. The molecule has 0 radical (unpaired) electrons. The SMILES string of the molecule is N#C/C(=C\c1c[nH]c2ccccc12)C(=O)N1CCSCC1. The van der Waals surface area contributed by atoms with Gasteiger partial charge in [-0.15, -0.1) is 0 Å². The smallest absolute Gasteiger partial charge is 0.264 e. The summed E-state index contributed by atoms with van der Waals surface area (Å²) in [6.45, 7) is 1.44. The van der Waals surface area contributed by atoms with E-state index in [1.807, 2.05) is 42.2 Å². The number of aromatic amines is 1. The first kappa shape index (κ1) is 13.8. The van der Waals surface area contributed by atoms with E-state index in [2.05, 4.69) is 11.1 Å². The molecule has 2 aromatic rings. The molecule has 1 amide bonds. The number of H-pyrrole nitrogens is 1. The van der Waals surface area contributed by atoms with Crippen molar-refractivity contribution >= 4 is 34.6 Å². The van der Waals surface area contributed by atoms with E-state index < -0.39 is 0 Å². The number of carbonyl (C=O) groups excluding carboxylic acids is 1. The number of thioether (sulfide) groups is 1. The molecule has 0 bridgehead atoms. The molecule has 1 aromatic carbocycles. The normalized spacial score (nSPS) is 16.0. The van der Waals surface area contributed by atoms with Crippen LogP contribution >= 0.6 is 11.8 Å². The molecular formula is C16H15N3OS. The third-order valence-corrected chi connectivity index (χ3v) is 4.51. The van der Waals surface area contributed by atoms with Crippen molar-refractivity contribution in [3.8, 4) is 6.07 Å². The van der Waals surface area contributed by atoms with Gasteiger partial charge in [-0.05, 0) is 12.1 Å². The maximum atomic E-state index is 12.4. The monoisotopic (exact) mass is 297 g/mol. The summed E-state index contributed by atoms with van der Waals surface area (Å²) in [7, 11) is 0. The minimum absolute atomic E-state index is 0.164. The van der Waals surface area contributed by atoms with Gasteiger partial charge in [0.2, 0.25) is 0 Å². The van der Waals surface area contributed by atoms with Crippen molar-refractivity contribution in [2.24, 2.45) is 0 Å². The average Bonchev–Trinajstić information content (AvgIpc) is 2.96. The van der Waals surface area contributed by atoms with Crippen molar-refractivity contribution in [3.63, 3.8) is 0 Å². The van der Waals surface area contributed by atoms with E-state index in [1.54, 1.807) is 11.0 Å². The number of benzene rings is 1. The molecule has 0 saturated carbocycles. The summed E-state index contributed by atoms with van der Waals surface area (Å²) in [4.78, 5) is 17.3. The second-order valence-corrected chi connectivity index (χ2v) is 6.09. The Kier molecular flexibility index (Phi) is 3.98. The van der Waals surface area contributed by atoms with Gasteiger partial charge in [-0.2, -0.15) is 17.0 Å². The molecule has 1 aliphatic rings. The number of nitrogens with zero attached hydrogens (tertiary/aromatic N) is 2. The number of nitriles is 1. The summed E-state index contributed by atoms with van der Waals surface area (Å²) in [5, 5.41) is 10.3. The Hall–Kier alpha value is -2.19. The molecule has 5 heteroatoms. The molecule has 1 aliphatic heterocycles. The second-order valence-electron chi connectivity index (χ2n) is 4.86. The molecule has 1 fully saturated rings. The summed E-state index contributed by atoms with van der Waals surface area (Å²) < 4.78 is 0. The molecule has 1 aromatic heterocycles. The Morgan fingerprint density at radius 3 is 2.86 bits per heavy atom. The Balaban J connectivity index is 1.92. The van der Waals surface area contributed by atoms with Crippen LogP contribution in [0.25, 0.3) is 17.0 Å². The van der Waals surface area contributed by atoms with Crippen LogP contribution in [-0.4, -0.2) is 40.4 Å². The Morgan fingerprint density at radius 1 is 1.33 bits per heavy atom. The maximum Gasteiger partial charge on any atom is 0.264 e. The van der Waals surface area contributed by atoms with Gasteiger partial charge in [0, 0.05) is 47.3 Å². The molecule has 2 heterocycles. The first-order valence-corrected chi connectivity index (χ1v) is 8.00. The Labute approximate surface area is 127 Å². The van der Waals surface area contributed by atoms with E-state index in [0.29, 0.717) is 0 Å². The number of aromatic nitrogens is 1. The lowest BCUT2D eigenvalue weighted by Crippen LogP contribution is -2.38. The van der Waals surface area contributed by atoms with Crippen LogP contribution in [0.15, 0.2) is 36.0 Å². The number of carbonyl (C=O) groups is 1. The molecule has 4 nitrogen and oxygen atoms in total. The van der Waals surface area contributed by atoms with E-state index in [9.17, 15) is 10.1 Å². The van der Waals surface area contributed by atoms with Gasteiger partial charge >= 0.3 is 0 Å². The lowest BCUT2D eigenvalue weighted by atomic mass is 10.1. The predicted molar refractivity (Wildman–Crippen MR) is 85.8 cm³/mol. The Morgan fingerprint density at radius 2 is 2.10 bits per heavy atom. The van der Waals surface area contributed by atoms with Gasteiger partial charge in [0.25, 0.3) is 5.91 Å². The van der Waals surface area contributed by atoms with Crippen LogP contribution in [0.1, 0.15) is 5.56 Å². The van der Waals surface area contributed by atoms with Gasteiger partial charge < -0.3 is 9.88 Å². The zero-order valence-corrected chi connectivity index (χ0v) is 12.3. The van der Waals surface area contributed by atoms with Crippen LogP contribution in [0.2, 0.25) is 0 Å². The van der Waals surface area contributed by atoms with Gasteiger partial charge in [-0.1, -0.05) is 18.2 Å². The van der Waals surface area contributed by atoms with E-state index in [-0.39, 0.29) is 11.5 Å². The number of rotatable bonds is 2. The lowest BCUT2D eigenvalue weighted by Gasteiger charge is -2.25. The fourth-order valence-corrected chi connectivity index (χ4v) is 3.35. The van der Waals surface area contributed by atoms with Gasteiger partial charge in [0.1, 0.15) is 11.6 Å². The second kappa shape index (κ2) is 6.06. The lowest BCUT2D eigenvalue weighted by molar-refractivity contribution is -0.126. The van der Waals surface area contributed by atoms with Crippen LogP contribution < -0.4 is 0 Å². The van der Waals surface area contributed by atoms with Crippen LogP contribution in [0.3, 0.4) is 0 Å². The molecule has 0 atom stereocenters. The molecule has 3 rings (SSSR count). The Bertz CT molecular complexity index is 735. The number of nitrogens with one attached hydrogen (secondary N) is 1. The van der Waals surface area contributed by atoms with Crippen LogP contribution in [-0.2, 0) is 4.79 Å². The van der Waals surface area contributed by atoms with Gasteiger partial charge in [0.15, 0.2) is 0 Å². The van der Waals surface area contributed by atoms with Crippen molar-refractivity contribution in [3.05, 3.63) is 41.6 Å². The standard InChI is InChI=1S/C16H15N3OS/c17-10-12(16(20)19-5-7-21-8-6-19)9-13-11-18-15-4-2-1-3-14(13)15/h1-4,9,11,18H,5-8H2/b12-9+. The first-order valence-electron chi connectivity index (χ1n) is 6.84. The number of hydrogen-bond acceptors (Lipinski definition) is 3. The van der Waals surface area contributed by atoms with Gasteiger partial charge in [0.05, 0.1) is 0 Å². The minimum atomic E-state index is -0.164. The zero-order chi connectivity index (χ0) is 14.7. The van der Waals surface area contributed by atoms with E-state index in [4.69, 9.17) is 0 Å². The maximum absolute atomic E-state index is 12.4. The fraction of sp³-hybridized carbons (Fsp3) is 0.250. The molecule has 0 aliphatic carbocycles. The molecule has 106 valence electrons. The largest absolute Gasteiger partial charge is 0.361 e. The average molecular weight is 297 g/mol. The van der Waals surface area contributed by atoms with Crippen LogP contribution in [0.4, 0.5) is 0 Å². The first-order chi connectivity index (χ1) is 10.3. The molecule has 0 spiro atoms. The van der Waals surface area contributed by atoms with Crippen LogP contribution in [0, 0.1) is 11.3 Å². The summed E-state index contributed by atoms with van der Waals surface area (Å²) >= 11 is 1.84. The van der Waals surface area contributed by atoms with Crippen molar-refractivity contribution in [1.29, 1.82) is 5.26 Å². The highest BCUT2D eigenvalue weighted by molar-refractivity contribution is 7.99. The van der Waals surface area contributed by atoms with Crippen LogP contribution in [0.5, 0.6) is 0 Å². The van der Waals surface area contributed by atoms with E-state index in [0.717, 1.165) is 41.1 Å². The molecular weight excluding hydrogens is 282 g/mol. The molecule has 1 N–H and O–H groups in total. The minimum Gasteiger partial charge on any atom is -0.361 e. The molecule has 0 unspecified atom stereocenters. The van der Waals surface area contributed by atoms with E-state index in [1.165, 1.54) is 0 Å². The van der Waals surface area contributed by atoms with Gasteiger partial charge in [-0.25, -0.2) is 0 Å². The highest BCUT2D eigenvalue weighted by Gasteiger charge is 2.20. The molecule has 21 heavy (non-hydrogen) atoms. The number of para-hydroxylation sites is 1. The summed E-state index contributed by atoms with van der Waals surface area (Å²) in [5.41, 5.74) is 2.08. The summed E-state index contributed by atoms with van der Waals surface area (Å²) in [5.74, 6) is 1.72. The molecule has 1 saturated heterocycles. The van der Waals surface area contributed by atoms with Crippen molar-refractivity contribution in [2.75, 3.05) is 24.6 Å². The predicted octanol–water partition coefficient (Wildman–Crippen LogP) is 2.65. The highest BCUT2D eigenvalue weighted by Crippen LogP contribution is 2.21.